The van der Waals surface area contributed by atoms with Crippen LogP contribution < -0.4 is 4.90 Å². The number of alkyl halides is 1. The van der Waals surface area contributed by atoms with Crippen LogP contribution in [0.4, 0.5) is 5.69 Å². The molecule has 0 heterocycles. The van der Waals surface area contributed by atoms with Gasteiger partial charge in [0.2, 0.25) is 0 Å². The highest BCUT2D eigenvalue weighted by Crippen LogP contribution is 2.37. The minimum atomic E-state index is 0.600. The van der Waals surface area contributed by atoms with E-state index in [9.17, 15) is 0 Å². The molecule has 16 heavy (non-hydrogen) atoms. The van der Waals surface area contributed by atoms with Gasteiger partial charge in [-0.15, -0.1) is 11.6 Å². The van der Waals surface area contributed by atoms with Crippen molar-refractivity contribution >= 4 is 17.3 Å². The van der Waals surface area contributed by atoms with Gasteiger partial charge in [-0.1, -0.05) is 12.1 Å². The van der Waals surface area contributed by atoms with Gasteiger partial charge in [0.1, 0.15) is 0 Å². The van der Waals surface area contributed by atoms with Gasteiger partial charge in [0.25, 0.3) is 0 Å². The predicted molar refractivity (Wildman–Crippen MR) is 71.3 cm³/mol. The molecule has 1 saturated carbocycles. The number of anilines is 1. The van der Waals surface area contributed by atoms with E-state index < -0.39 is 0 Å². The average molecular weight is 238 g/mol. The molecule has 1 aromatic rings. The zero-order chi connectivity index (χ0) is 11.7. The number of nitrogens with zero attached hydrogens (tertiary/aromatic N) is 1. The van der Waals surface area contributed by atoms with Gasteiger partial charge in [-0.25, -0.2) is 0 Å². The third-order valence-corrected chi connectivity index (χ3v) is 4.02. The highest BCUT2D eigenvalue weighted by Gasteiger charge is 2.30. The van der Waals surface area contributed by atoms with E-state index in [0.717, 1.165) is 5.92 Å². The van der Waals surface area contributed by atoms with Gasteiger partial charge in [0.15, 0.2) is 0 Å². The Kier molecular flexibility index (Phi) is 3.44. The van der Waals surface area contributed by atoms with Gasteiger partial charge >= 0.3 is 0 Å². The average Bonchev–Trinajstić information content (AvgIpc) is 3.10. The second-order valence-electron chi connectivity index (χ2n) is 4.94. The summed E-state index contributed by atoms with van der Waals surface area (Å²) in [5.74, 6) is 1.50. The Morgan fingerprint density at radius 1 is 1.44 bits per heavy atom. The van der Waals surface area contributed by atoms with Crippen LogP contribution in [0, 0.1) is 12.8 Å². The molecule has 1 aliphatic rings. The van der Waals surface area contributed by atoms with Crippen molar-refractivity contribution in [2.45, 2.75) is 38.6 Å². The summed E-state index contributed by atoms with van der Waals surface area (Å²) in [6, 6.07) is 7.18. The number of benzene rings is 1. The lowest BCUT2D eigenvalue weighted by Crippen LogP contribution is -2.31. The van der Waals surface area contributed by atoms with Crippen LogP contribution in [0.15, 0.2) is 18.2 Å². The van der Waals surface area contributed by atoms with E-state index in [1.54, 1.807) is 0 Å². The third kappa shape index (κ3) is 2.35. The van der Waals surface area contributed by atoms with Crippen LogP contribution >= 0.6 is 11.6 Å². The van der Waals surface area contributed by atoms with Crippen LogP contribution in [-0.2, 0) is 5.88 Å². The fourth-order valence-electron chi connectivity index (χ4n) is 2.31. The van der Waals surface area contributed by atoms with E-state index in [2.05, 4.69) is 44.0 Å². The number of halogens is 1. The molecule has 0 aromatic heterocycles. The van der Waals surface area contributed by atoms with Crippen molar-refractivity contribution in [3.8, 4) is 0 Å². The minimum absolute atomic E-state index is 0.600. The summed E-state index contributed by atoms with van der Waals surface area (Å²) in [5.41, 5.74) is 3.87. The van der Waals surface area contributed by atoms with Crippen LogP contribution in [-0.4, -0.2) is 13.1 Å². The predicted octanol–water partition coefficient (Wildman–Crippen LogP) is 3.97. The first-order valence-electron chi connectivity index (χ1n) is 6.02. The molecule has 0 saturated heterocycles. The lowest BCUT2D eigenvalue weighted by atomic mass is 10.1. The maximum Gasteiger partial charge on any atom is 0.0474 e. The van der Waals surface area contributed by atoms with Crippen LogP contribution in [0.3, 0.4) is 0 Å². The summed E-state index contributed by atoms with van der Waals surface area (Å²) in [6.07, 6.45) is 2.79. The van der Waals surface area contributed by atoms with Crippen molar-refractivity contribution in [3.63, 3.8) is 0 Å². The van der Waals surface area contributed by atoms with Crippen LogP contribution in [0.25, 0.3) is 0 Å². The lowest BCUT2D eigenvalue weighted by molar-refractivity contribution is 0.608. The number of aryl methyl sites for hydroxylation is 1. The highest BCUT2D eigenvalue weighted by molar-refractivity contribution is 6.17. The summed E-state index contributed by atoms with van der Waals surface area (Å²) in [5, 5.41) is 0. The first-order chi connectivity index (χ1) is 7.63. The van der Waals surface area contributed by atoms with E-state index in [-0.39, 0.29) is 0 Å². The van der Waals surface area contributed by atoms with Crippen molar-refractivity contribution in [2.75, 3.05) is 11.9 Å². The Balaban J connectivity index is 2.18. The number of hydrogen-bond donors (Lipinski definition) is 0. The molecule has 2 rings (SSSR count). The van der Waals surface area contributed by atoms with Crippen molar-refractivity contribution in [3.05, 3.63) is 29.3 Å². The molecular formula is C14H20ClN. The molecule has 1 nitrogen and oxygen atoms in total. The normalized spacial score (nSPS) is 17.2. The second kappa shape index (κ2) is 4.67. The second-order valence-corrected chi connectivity index (χ2v) is 5.21. The topological polar surface area (TPSA) is 3.24 Å². The van der Waals surface area contributed by atoms with Gasteiger partial charge in [-0.2, -0.15) is 0 Å². The van der Waals surface area contributed by atoms with E-state index in [0.29, 0.717) is 11.9 Å². The molecule has 1 unspecified atom stereocenters. The molecule has 0 N–H and O–H groups in total. The van der Waals surface area contributed by atoms with Crippen LogP contribution in [0.1, 0.15) is 30.9 Å². The van der Waals surface area contributed by atoms with Crippen molar-refractivity contribution in [1.82, 2.24) is 0 Å². The molecule has 0 radical (unpaired) electrons. The van der Waals surface area contributed by atoms with Crippen molar-refractivity contribution in [1.29, 1.82) is 0 Å². The smallest absolute Gasteiger partial charge is 0.0474 e. The molecule has 1 fully saturated rings. The molecule has 2 heteroatoms. The summed E-state index contributed by atoms with van der Waals surface area (Å²) in [7, 11) is 2.20. The quantitative estimate of drug-likeness (QED) is 0.717. The Hall–Kier alpha value is -0.690. The SMILES string of the molecule is Cc1cc(CCl)ccc1N(C)C(C)C1CC1. The maximum absolute atomic E-state index is 5.84. The summed E-state index contributed by atoms with van der Waals surface area (Å²) < 4.78 is 0. The Morgan fingerprint density at radius 3 is 2.62 bits per heavy atom. The van der Waals surface area contributed by atoms with Crippen molar-refractivity contribution in [2.24, 2.45) is 5.92 Å². The van der Waals surface area contributed by atoms with Gasteiger partial charge in [-0.05, 0) is 49.8 Å². The highest BCUT2D eigenvalue weighted by atomic mass is 35.5. The molecule has 1 aromatic carbocycles. The molecular weight excluding hydrogens is 218 g/mol. The third-order valence-electron chi connectivity index (χ3n) is 3.71. The van der Waals surface area contributed by atoms with Gasteiger partial charge in [0.05, 0.1) is 0 Å². The zero-order valence-corrected chi connectivity index (χ0v) is 11.1. The van der Waals surface area contributed by atoms with Gasteiger partial charge in [0, 0.05) is 24.7 Å². The van der Waals surface area contributed by atoms with E-state index in [4.69, 9.17) is 11.6 Å². The lowest BCUT2D eigenvalue weighted by Gasteiger charge is -2.28. The van der Waals surface area contributed by atoms with E-state index in [1.807, 2.05) is 0 Å². The number of rotatable bonds is 4. The monoisotopic (exact) mass is 237 g/mol. The molecule has 0 bridgehead atoms. The maximum atomic E-state index is 5.84. The molecule has 0 amide bonds. The van der Waals surface area contributed by atoms with E-state index >= 15 is 0 Å². The standard InChI is InChI=1S/C14H20ClN/c1-10-8-12(9-15)4-7-14(10)16(3)11(2)13-5-6-13/h4,7-8,11,13H,5-6,9H2,1-3H3. The zero-order valence-electron chi connectivity index (χ0n) is 10.3. The van der Waals surface area contributed by atoms with Crippen molar-refractivity contribution < 1.29 is 0 Å². The fourth-order valence-corrected chi connectivity index (χ4v) is 2.48. The summed E-state index contributed by atoms with van der Waals surface area (Å²) in [6.45, 7) is 4.49. The van der Waals surface area contributed by atoms with Gasteiger partial charge in [-0.3, -0.25) is 0 Å². The minimum Gasteiger partial charge on any atom is -0.371 e. The molecule has 0 aliphatic heterocycles. The Morgan fingerprint density at radius 2 is 2.12 bits per heavy atom. The van der Waals surface area contributed by atoms with Gasteiger partial charge < -0.3 is 4.90 Å². The molecule has 88 valence electrons. The van der Waals surface area contributed by atoms with Crippen LogP contribution in [0.2, 0.25) is 0 Å². The Labute approximate surface area is 103 Å². The Bertz CT molecular complexity index is 371. The number of hydrogen-bond acceptors (Lipinski definition) is 1. The molecule has 1 aliphatic carbocycles. The first-order valence-corrected chi connectivity index (χ1v) is 6.55. The molecule has 0 spiro atoms. The van der Waals surface area contributed by atoms with Crippen LogP contribution in [0.5, 0.6) is 0 Å². The molecule has 1 atom stereocenters. The van der Waals surface area contributed by atoms with E-state index in [1.165, 1.54) is 29.7 Å². The summed E-state index contributed by atoms with van der Waals surface area (Å²) in [4.78, 5) is 2.41. The largest absolute Gasteiger partial charge is 0.371 e. The first kappa shape index (κ1) is 11.8. The summed E-state index contributed by atoms with van der Waals surface area (Å²) >= 11 is 5.84. The fraction of sp³-hybridized carbons (Fsp3) is 0.571.